The Morgan fingerprint density at radius 2 is 1.95 bits per heavy atom. The highest BCUT2D eigenvalue weighted by Gasteiger charge is 2.06. The molecule has 120 valence electrons. The van der Waals surface area contributed by atoms with Crippen molar-refractivity contribution in [3.8, 4) is 5.75 Å². The molecule has 0 radical (unpaired) electrons. The highest BCUT2D eigenvalue weighted by Crippen LogP contribution is 2.26. The first-order valence-corrected chi connectivity index (χ1v) is 7.79. The molecule has 0 amide bonds. The quantitative estimate of drug-likeness (QED) is 0.645. The van der Waals surface area contributed by atoms with Crippen molar-refractivity contribution in [3.63, 3.8) is 0 Å². The third kappa shape index (κ3) is 8.49. The van der Waals surface area contributed by atoms with Crippen LogP contribution in [-0.4, -0.2) is 44.1 Å². The molecule has 1 aromatic carbocycles. The van der Waals surface area contributed by atoms with Gasteiger partial charge in [-0.05, 0) is 18.1 Å². The Morgan fingerprint density at radius 1 is 1.19 bits per heavy atom. The molecule has 0 fully saturated rings. The second-order valence-corrected chi connectivity index (χ2v) is 6.03. The maximum absolute atomic E-state index is 9.79. The average molecular weight is 336 g/mol. The summed E-state index contributed by atoms with van der Waals surface area (Å²) >= 11 is 11.7. The monoisotopic (exact) mass is 335 g/mol. The van der Waals surface area contributed by atoms with E-state index < -0.39 is 6.10 Å². The zero-order chi connectivity index (χ0) is 15.7. The summed E-state index contributed by atoms with van der Waals surface area (Å²) in [5, 5.41) is 13.8. The largest absolute Gasteiger partial charge is 0.491 e. The van der Waals surface area contributed by atoms with Crippen LogP contribution in [0.4, 0.5) is 0 Å². The fraction of sp³-hybridized carbons (Fsp3) is 0.600. The molecule has 1 aromatic rings. The van der Waals surface area contributed by atoms with Crippen LogP contribution in [0.1, 0.15) is 13.8 Å². The third-order valence-corrected chi connectivity index (χ3v) is 3.33. The van der Waals surface area contributed by atoms with E-state index in [2.05, 4.69) is 19.2 Å². The van der Waals surface area contributed by atoms with Gasteiger partial charge in [0.05, 0.1) is 16.7 Å². The lowest BCUT2D eigenvalue weighted by molar-refractivity contribution is 0.0925. The number of hydrogen-bond donors (Lipinski definition) is 2. The van der Waals surface area contributed by atoms with Gasteiger partial charge in [-0.1, -0.05) is 37.0 Å². The van der Waals surface area contributed by atoms with Crippen molar-refractivity contribution in [2.75, 3.05) is 32.9 Å². The molecule has 0 aliphatic carbocycles. The first-order chi connectivity index (χ1) is 9.99. The Morgan fingerprint density at radius 3 is 2.62 bits per heavy atom. The molecule has 0 bridgehead atoms. The van der Waals surface area contributed by atoms with Crippen molar-refractivity contribution < 1.29 is 14.6 Å². The lowest BCUT2D eigenvalue weighted by atomic mass is 10.2. The maximum atomic E-state index is 9.79. The van der Waals surface area contributed by atoms with Gasteiger partial charge in [0.25, 0.3) is 0 Å². The van der Waals surface area contributed by atoms with E-state index in [9.17, 15) is 5.11 Å². The van der Waals surface area contributed by atoms with Crippen LogP contribution >= 0.6 is 23.2 Å². The van der Waals surface area contributed by atoms with Crippen LogP contribution in [-0.2, 0) is 4.74 Å². The zero-order valence-corrected chi connectivity index (χ0v) is 14.0. The number of aliphatic hydroxyl groups is 1. The zero-order valence-electron chi connectivity index (χ0n) is 12.4. The summed E-state index contributed by atoms with van der Waals surface area (Å²) in [6.07, 6.45) is -0.593. The van der Waals surface area contributed by atoms with Gasteiger partial charge in [0.2, 0.25) is 0 Å². The van der Waals surface area contributed by atoms with Gasteiger partial charge in [0.15, 0.2) is 0 Å². The molecule has 1 rings (SSSR count). The third-order valence-electron chi connectivity index (χ3n) is 2.59. The van der Waals surface area contributed by atoms with Crippen LogP contribution in [0.5, 0.6) is 5.75 Å². The molecule has 0 aliphatic heterocycles. The Balaban J connectivity index is 2.10. The van der Waals surface area contributed by atoms with E-state index >= 15 is 0 Å². The summed E-state index contributed by atoms with van der Waals surface area (Å²) < 4.78 is 10.9. The van der Waals surface area contributed by atoms with Gasteiger partial charge in [0.1, 0.15) is 18.5 Å². The van der Waals surface area contributed by atoms with Crippen molar-refractivity contribution in [1.29, 1.82) is 0 Å². The Hall–Kier alpha value is -0.520. The molecule has 0 aliphatic rings. The number of rotatable bonds is 10. The summed E-state index contributed by atoms with van der Waals surface area (Å²) in [4.78, 5) is 0. The van der Waals surface area contributed by atoms with Gasteiger partial charge in [-0.25, -0.2) is 0 Å². The van der Waals surface area contributed by atoms with Gasteiger partial charge < -0.3 is 19.9 Å². The molecule has 0 spiro atoms. The topological polar surface area (TPSA) is 50.7 Å². The van der Waals surface area contributed by atoms with E-state index in [0.717, 1.165) is 6.61 Å². The van der Waals surface area contributed by atoms with Gasteiger partial charge in [-0.2, -0.15) is 0 Å². The minimum absolute atomic E-state index is 0.192. The van der Waals surface area contributed by atoms with Crippen molar-refractivity contribution in [2.45, 2.75) is 20.0 Å². The highest BCUT2D eigenvalue weighted by atomic mass is 35.5. The van der Waals surface area contributed by atoms with E-state index in [0.29, 0.717) is 41.4 Å². The van der Waals surface area contributed by atoms with Crippen LogP contribution in [0.3, 0.4) is 0 Å². The van der Waals surface area contributed by atoms with Crippen molar-refractivity contribution in [3.05, 3.63) is 28.2 Å². The average Bonchev–Trinajstić information content (AvgIpc) is 2.43. The smallest absolute Gasteiger partial charge is 0.121 e. The molecule has 0 saturated carbocycles. The molecule has 4 nitrogen and oxygen atoms in total. The molecule has 0 saturated heterocycles. The molecule has 0 heterocycles. The molecule has 1 unspecified atom stereocenters. The van der Waals surface area contributed by atoms with Gasteiger partial charge in [-0.3, -0.25) is 0 Å². The van der Waals surface area contributed by atoms with E-state index in [1.54, 1.807) is 18.2 Å². The van der Waals surface area contributed by atoms with Crippen LogP contribution in [0, 0.1) is 5.92 Å². The van der Waals surface area contributed by atoms with Crippen LogP contribution in [0.25, 0.3) is 0 Å². The van der Waals surface area contributed by atoms with Crippen LogP contribution < -0.4 is 10.1 Å². The SMILES string of the molecule is CC(C)COCCNCC(O)COc1ccc(Cl)c(Cl)c1. The van der Waals surface area contributed by atoms with Crippen LogP contribution in [0.2, 0.25) is 10.0 Å². The van der Waals surface area contributed by atoms with Gasteiger partial charge >= 0.3 is 0 Å². The standard InChI is InChI=1S/C15H23Cl2NO3/c1-11(2)9-20-6-5-18-8-12(19)10-21-13-3-4-14(16)15(17)7-13/h3-4,7,11-12,18-19H,5-6,8-10H2,1-2H3. The number of aliphatic hydroxyl groups excluding tert-OH is 1. The van der Waals surface area contributed by atoms with Gasteiger partial charge in [0, 0.05) is 25.8 Å². The summed E-state index contributed by atoms with van der Waals surface area (Å²) in [5.74, 6) is 1.12. The van der Waals surface area contributed by atoms with E-state index in [4.69, 9.17) is 32.7 Å². The summed E-state index contributed by atoms with van der Waals surface area (Å²) in [6, 6.07) is 5.01. The predicted molar refractivity (Wildman–Crippen MR) is 86.5 cm³/mol. The predicted octanol–water partition coefficient (Wildman–Crippen LogP) is 3.00. The molecular weight excluding hydrogens is 313 g/mol. The lowest BCUT2D eigenvalue weighted by Gasteiger charge is -2.14. The first-order valence-electron chi connectivity index (χ1n) is 7.03. The molecule has 0 aromatic heterocycles. The second kappa shape index (κ2) is 10.2. The lowest BCUT2D eigenvalue weighted by Crippen LogP contribution is -2.33. The van der Waals surface area contributed by atoms with Crippen molar-refractivity contribution >= 4 is 23.2 Å². The van der Waals surface area contributed by atoms with E-state index in [1.165, 1.54) is 0 Å². The van der Waals surface area contributed by atoms with Gasteiger partial charge in [-0.15, -0.1) is 0 Å². The number of hydrogen-bond acceptors (Lipinski definition) is 4. The van der Waals surface area contributed by atoms with E-state index in [1.807, 2.05) is 0 Å². The first kappa shape index (κ1) is 18.5. The number of nitrogens with one attached hydrogen (secondary N) is 1. The second-order valence-electron chi connectivity index (χ2n) is 5.21. The summed E-state index contributed by atoms with van der Waals surface area (Å²) in [6.45, 7) is 6.96. The highest BCUT2D eigenvalue weighted by molar-refractivity contribution is 6.42. The van der Waals surface area contributed by atoms with Crippen molar-refractivity contribution in [2.24, 2.45) is 5.92 Å². The molecule has 1 atom stereocenters. The minimum atomic E-state index is -0.593. The molecule has 2 N–H and O–H groups in total. The van der Waals surface area contributed by atoms with E-state index in [-0.39, 0.29) is 6.61 Å². The summed E-state index contributed by atoms with van der Waals surface area (Å²) in [7, 11) is 0. The minimum Gasteiger partial charge on any atom is -0.491 e. The van der Waals surface area contributed by atoms with Crippen LogP contribution in [0.15, 0.2) is 18.2 Å². The molecular formula is C15H23Cl2NO3. The maximum Gasteiger partial charge on any atom is 0.121 e. The fourth-order valence-electron chi connectivity index (χ4n) is 1.55. The number of halogens is 2. The number of ether oxygens (including phenoxy) is 2. The summed E-state index contributed by atoms with van der Waals surface area (Å²) in [5.41, 5.74) is 0. The fourth-order valence-corrected chi connectivity index (χ4v) is 1.84. The van der Waals surface area contributed by atoms with Crippen molar-refractivity contribution in [1.82, 2.24) is 5.32 Å². The number of benzene rings is 1. The normalized spacial score (nSPS) is 12.7. The molecule has 21 heavy (non-hydrogen) atoms. The Labute approximate surface area is 136 Å². The Bertz CT molecular complexity index is 416. The molecule has 6 heteroatoms. The Kier molecular flexibility index (Phi) is 9.04.